The van der Waals surface area contributed by atoms with E-state index in [1.807, 2.05) is 13.0 Å². The maximum atomic E-state index is 14.4. The molecule has 2 aromatic carbocycles. The number of rotatable bonds is 5. The Hall–Kier alpha value is -2.66. The Morgan fingerprint density at radius 2 is 2.00 bits per heavy atom. The van der Waals surface area contributed by atoms with E-state index >= 15 is 0 Å². The van der Waals surface area contributed by atoms with Crippen LogP contribution in [0.1, 0.15) is 36.5 Å². The Bertz CT molecular complexity index is 879. The number of carbonyl (C=O) groups excluding carboxylic acids is 1. The Balaban J connectivity index is 1.59. The van der Waals surface area contributed by atoms with Gasteiger partial charge >= 0.3 is 5.97 Å². The molecular formula is C22H21FO4. The van der Waals surface area contributed by atoms with E-state index in [2.05, 4.69) is 6.58 Å². The molecule has 2 fully saturated rings. The van der Waals surface area contributed by atoms with Crippen LogP contribution < -0.4 is 9.47 Å². The normalized spacial score (nSPS) is 26.0. The highest BCUT2D eigenvalue weighted by Gasteiger charge is 2.55. The van der Waals surface area contributed by atoms with Gasteiger partial charge in [0.2, 0.25) is 0 Å². The number of para-hydroxylation sites is 1. The van der Waals surface area contributed by atoms with Crippen molar-refractivity contribution in [3.8, 4) is 11.5 Å². The van der Waals surface area contributed by atoms with Crippen molar-refractivity contribution in [1.82, 2.24) is 0 Å². The van der Waals surface area contributed by atoms with Gasteiger partial charge in [0, 0.05) is 6.42 Å². The molecular weight excluding hydrogens is 347 g/mol. The quantitative estimate of drug-likeness (QED) is 0.436. The average molecular weight is 368 g/mol. The molecule has 0 saturated carbocycles. The van der Waals surface area contributed by atoms with Crippen LogP contribution >= 0.6 is 0 Å². The van der Waals surface area contributed by atoms with Crippen molar-refractivity contribution in [2.75, 3.05) is 0 Å². The number of hydrogen-bond acceptors (Lipinski definition) is 4. The zero-order valence-electron chi connectivity index (χ0n) is 15.1. The summed E-state index contributed by atoms with van der Waals surface area (Å²) in [5, 5.41) is 0. The van der Waals surface area contributed by atoms with Gasteiger partial charge < -0.3 is 14.2 Å². The van der Waals surface area contributed by atoms with Crippen LogP contribution in [-0.2, 0) is 4.74 Å². The van der Waals surface area contributed by atoms with E-state index in [1.54, 1.807) is 24.3 Å². The van der Waals surface area contributed by atoms with Crippen LogP contribution in [0.2, 0.25) is 0 Å². The van der Waals surface area contributed by atoms with Crippen molar-refractivity contribution in [3.63, 3.8) is 0 Å². The lowest BCUT2D eigenvalue weighted by Crippen LogP contribution is -2.46. The predicted molar refractivity (Wildman–Crippen MR) is 98.5 cm³/mol. The molecule has 2 saturated heterocycles. The van der Waals surface area contributed by atoms with E-state index in [-0.39, 0.29) is 23.5 Å². The van der Waals surface area contributed by atoms with E-state index in [4.69, 9.17) is 14.2 Å². The number of carbonyl (C=O) groups is 1. The second-order valence-electron chi connectivity index (χ2n) is 7.15. The van der Waals surface area contributed by atoms with Crippen LogP contribution in [0.5, 0.6) is 11.5 Å². The minimum atomic E-state index is -0.758. The molecule has 2 aliphatic rings. The lowest BCUT2D eigenvalue weighted by Gasteiger charge is -2.36. The first kappa shape index (κ1) is 17.7. The molecule has 0 aromatic heterocycles. The summed E-state index contributed by atoms with van der Waals surface area (Å²) in [6.45, 7) is 5.92. The van der Waals surface area contributed by atoms with Gasteiger partial charge in [0.15, 0.2) is 17.2 Å². The van der Waals surface area contributed by atoms with E-state index in [0.29, 0.717) is 12.2 Å². The minimum absolute atomic E-state index is 0.0108. The Labute approximate surface area is 157 Å². The second-order valence-corrected chi connectivity index (χ2v) is 7.15. The lowest BCUT2D eigenvalue weighted by molar-refractivity contribution is 0.0143. The van der Waals surface area contributed by atoms with Crippen LogP contribution in [0.15, 0.2) is 60.7 Å². The van der Waals surface area contributed by atoms with Crippen molar-refractivity contribution in [2.45, 2.75) is 44.0 Å². The zero-order chi connectivity index (χ0) is 19.0. The predicted octanol–water partition coefficient (Wildman–Crippen LogP) is 4.69. The number of halogens is 1. The largest absolute Gasteiger partial charge is 0.477 e. The minimum Gasteiger partial charge on any atom is -0.477 e. The highest BCUT2D eigenvalue weighted by atomic mass is 19.1. The molecule has 2 aliphatic heterocycles. The van der Waals surface area contributed by atoms with Gasteiger partial charge in [-0.2, -0.15) is 0 Å². The van der Waals surface area contributed by atoms with Crippen LogP contribution in [0.3, 0.4) is 0 Å². The molecule has 0 aliphatic carbocycles. The first-order valence-corrected chi connectivity index (χ1v) is 9.05. The molecule has 140 valence electrons. The van der Waals surface area contributed by atoms with Crippen LogP contribution in [0.25, 0.3) is 0 Å². The van der Waals surface area contributed by atoms with Crippen molar-refractivity contribution >= 4 is 5.97 Å². The highest BCUT2D eigenvalue weighted by molar-refractivity contribution is 5.91. The van der Waals surface area contributed by atoms with Gasteiger partial charge in [0.1, 0.15) is 11.9 Å². The van der Waals surface area contributed by atoms with Crippen molar-refractivity contribution in [2.24, 2.45) is 0 Å². The van der Waals surface area contributed by atoms with Crippen LogP contribution in [0, 0.1) is 5.82 Å². The summed E-state index contributed by atoms with van der Waals surface area (Å²) < 4.78 is 31.8. The molecule has 0 spiro atoms. The molecule has 3 atom stereocenters. The van der Waals surface area contributed by atoms with Gasteiger partial charge in [-0.15, -0.1) is 0 Å². The molecule has 4 nitrogen and oxygen atoms in total. The molecule has 27 heavy (non-hydrogen) atoms. The summed E-state index contributed by atoms with van der Waals surface area (Å²) in [6.07, 6.45) is 2.45. The smallest absolute Gasteiger partial charge is 0.343 e. The second kappa shape index (κ2) is 6.82. The van der Waals surface area contributed by atoms with Crippen molar-refractivity contribution in [3.05, 3.63) is 72.1 Å². The van der Waals surface area contributed by atoms with Crippen LogP contribution in [0.4, 0.5) is 4.39 Å². The summed E-state index contributed by atoms with van der Waals surface area (Å²) in [5.41, 5.74) is 0.258. The van der Waals surface area contributed by atoms with Gasteiger partial charge in [-0.05, 0) is 55.7 Å². The third kappa shape index (κ3) is 3.23. The summed E-state index contributed by atoms with van der Waals surface area (Å²) >= 11 is 0. The fourth-order valence-corrected chi connectivity index (χ4v) is 3.87. The molecule has 2 bridgehead atoms. The number of ether oxygens (including phenoxy) is 3. The average Bonchev–Trinajstić information content (AvgIpc) is 3.26. The molecule has 0 radical (unpaired) electrons. The standard InChI is InChI=1S/C22H21FO4/c1-14(2)22(13-17-9-11-20(22)25-17)27-19-12-15(8-10-18(19)23)21(24)26-16-6-4-3-5-7-16/h3-8,10,12,17,20H,1,9,11,13H2,2H3. The molecule has 2 aromatic rings. The van der Waals surface area contributed by atoms with Gasteiger partial charge in [0.05, 0.1) is 11.7 Å². The SMILES string of the molecule is C=C(C)C1(Oc2cc(C(=O)Oc3ccccc3)ccc2F)CC2CCC1O2. The third-order valence-corrected chi connectivity index (χ3v) is 5.29. The monoisotopic (exact) mass is 368 g/mol. The third-order valence-electron chi connectivity index (χ3n) is 5.29. The van der Waals surface area contributed by atoms with E-state index in [9.17, 15) is 9.18 Å². The Morgan fingerprint density at radius 3 is 2.63 bits per heavy atom. The van der Waals surface area contributed by atoms with E-state index < -0.39 is 17.4 Å². The van der Waals surface area contributed by atoms with Crippen LogP contribution in [-0.4, -0.2) is 23.8 Å². The first-order valence-electron chi connectivity index (χ1n) is 9.05. The molecule has 5 heteroatoms. The first-order chi connectivity index (χ1) is 13.0. The number of hydrogen-bond donors (Lipinski definition) is 0. The topological polar surface area (TPSA) is 44.8 Å². The van der Waals surface area contributed by atoms with Crippen molar-refractivity contribution in [1.29, 1.82) is 0 Å². The summed E-state index contributed by atoms with van der Waals surface area (Å²) in [7, 11) is 0. The molecule has 0 N–H and O–H groups in total. The number of fused-ring (bicyclic) bond motifs is 2. The van der Waals surface area contributed by atoms with E-state index in [1.165, 1.54) is 18.2 Å². The maximum absolute atomic E-state index is 14.4. The molecule has 4 rings (SSSR count). The maximum Gasteiger partial charge on any atom is 0.343 e. The van der Waals surface area contributed by atoms with Gasteiger partial charge in [-0.1, -0.05) is 24.8 Å². The molecule has 0 amide bonds. The van der Waals surface area contributed by atoms with Crippen molar-refractivity contribution < 1.29 is 23.4 Å². The highest BCUT2D eigenvalue weighted by Crippen LogP contribution is 2.48. The Morgan fingerprint density at radius 1 is 1.22 bits per heavy atom. The molecule has 3 unspecified atom stereocenters. The fraction of sp³-hybridized carbons (Fsp3) is 0.318. The number of benzene rings is 2. The van der Waals surface area contributed by atoms with E-state index in [0.717, 1.165) is 18.4 Å². The van der Waals surface area contributed by atoms with Gasteiger partial charge in [-0.3, -0.25) is 0 Å². The lowest BCUT2D eigenvalue weighted by atomic mass is 9.80. The van der Waals surface area contributed by atoms with Gasteiger partial charge in [-0.25, -0.2) is 9.18 Å². The van der Waals surface area contributed by atoms with Gasteiger partial charge in [0.25, 0.3) is 0 Å². The summed E-state index contributed by atoms with van der Waals surface area (Å²) in [5.74, 6) is -0.667. The Kier molecular flexibility index (Phi) is 4.48. The zero-order valence-corrected chi connectivity index (χ0v) is 15.1. The summed E-state index contributed by atoms with van der Waals surface area (Å²) in [6, 6.07) is 12.7. The number of esters is 1. The fourth-order valence-electron chi connectivity index (χ4n) is 3.87. The summed E-state index contributed by atoms with van der Waals surface area (Å²) in [4.78, 5) is 12.4. The molecule has 2 heterocycles.